The van der Waals surface area contributed by atoms with Crippen molar-refractivity contribution in [2.75, 3.05) is 32.7 Å². The predicted molar refractivity (Wildman–Crippen MR) is 112 cm³/mol. The number of aliphatic imine (C=N–C) groups is 1. The van der Waals surface area contributed by atoms with Gasteiger partial charge in [0.2, 0.25) is 0 Å². The molecule has 0 bridgehead atoms. The van der Waals surface area contributed by atoms with E-state index in [4.69, 9.17) is 19.9 Å². The number of nitrogens with two attached hydrogens (primary N) is 1. The van der Waals surface area contributed by atoms with Crippen LogP contribution in [0.5, 0.6) is 17.2 Å². The van der Waals surface area contributed by atoms with Crippen LogP contribution in [0.3, 0.4) is 0 Å². The van der Waals surface area contributed by atoms with Gasteiger partial charge in [-0.25, -0.2) is 4.99 Å². The van der Waals surface area contributed by atoms with Crippen molar-refractivity contribution in [2.45, 2.75) is 6.92 Å². The molecule has 0 aliphatic carbocycles. The maximum Gasteiger partial charge on any atom is 0.193 e. The molecule has 136 valence electrons. The van der Waals surface area contributed by atoms with Crippen molar-refractivity contribution >= 4 is 35.6 Å². The highest BCUT2D eigenvalue weighted by atomic mass is 127. The number of nitrogens with one attached hydrogen (secondary N) is 1. The molecule has 25 heavy (non-hydrogen) atoms. The summed E-state index contributed by atoms with van der Waals surface area (Å²) < 4.78 is 16.0. The van der Waals surface area contributed by atoms with Crippen molar-refractivity contribution < 1.29 is 14.2 Å². The number of hydrogen-bond acceptors (Lipinski definition) is 4. The summed E-state index contributed by atoms with van der Waals surface area (Å²) in [7, 11) is 3.18. The van der Waals surface area contributed by atoms with E-state index in [2.05, 4.69) is 10.3 Å². The highest BCUT2D eigenvalue weighted by Crippen LogP contribution is 2.29. The van der Waals surface area contributed by atoms with E-state index < -0.39 is 0 Å². The number of halogens is 1. The predicted octanol–water partition coefficient (Wildman–Crippen LogP) is 3.44. The summed E-state index contributed by atoms with van der Waals surface area (Å²) >= 11 is 0. The maximum absolute atomic E-state index is 5.88. The first-order valence-corrected chi connectivity index (χ1v) is 7.61. The molecule has 0 spiro atoms. The summed E-state index contributed by atoms with van der Waals surface area (Å²) in [5.41, 5.74) is 7.85. The van der Waals surface area contributed by atoms with Crippen LogP contribution in [-0.2, 0) is 0 Å². The third kappa shape index (κ3) is 6.69. The topological polar surface area (TPSA) is 78.1 Å². The lowest BCUT2D eigenvalue weighted by atomic mass is 10.2. The minimum atomic E-state index is 0. The minimum absolute atomic E-state index is 0. The van der Waals surface area contributed by atoms with Gasteiger partial charge in [0, 0.05) is 11.8 Å². The lowest BCUT2D eigenvalue weighted by Crippen LogP contribution is -2.23. The zero-order valence-corrected chi connectivity index (χ0v) is 16.9. The van der Waals surface area contributed by atoms with E-state index in [-0.39, 0.29) is 24.0 Å². The van der Waals surface area contributed by atoms with Crippen LogP contribution in [-0.4, -0.2) is 33.3 Å². The highest BCUT2D eigenvalue weighted by molar-refractivity contribution is 14.0. The van der Waals surface area contributed by atoms with Crippen LogP contribution < -0.4 is 25.3 Å². The van der Waals surface area contributed by atoms with Crippen LogP contribution in [0.15, 0.2) is 47.5 Å². The average Bonchev–Trinajstić information content (AvgIpc) is 2.60. The van der Waals surface area contributed by atoms with Gasteiger partial charge in [-0.05, 0) is 31.2 Å². The average molecular weight is 457 g/mol. The number of benzene rings is 2. The molecule has 2 rings (SSSR count). The molecule has 2 aromatic rings. The first kappa shape index (κ1) is 20.9. The number of guanidine groups is 1. The third-order valence-electron chi connectivity index (χ3n) is 3.32. The smallest absolute Gasteiger partial charge is 0.193 e. The first-order chi connectivity index (χ1) is 11.6. The van der Waals surface area contributed by atoms with Gasteiger partial charge in [-0.2, -0.15) is 0 Å². The van der Waals surface area contributed by atoms with E-state index in [9.17, 15) is 0 Å². The van der Waals surface area contributed by atoms with Crippen LogP contribution in [0.25, 0.3) is 0 Å². The van der Waals surface area contributed by atoms with Crippen molar-refractivity contribution in [2.24, 2.45) is 10.7 Å². The normalized spacial score (nSPS) is 10.6. The zero-order valence-electron chi connectivity index (χ0n) is 14.6. The molecular weight excluding hydrogens is 433 g/mol. The van der Waals surface area contributed by atoms with Gasteiger partial charge in [-0.1, -0.05) is 17.7 Å². The summed E-state index contributed by atoms with van der Waals surface area (Å²) in [5.74, 6) is 2.42. The molecule has 0 amide bonds. The summed E-state index contributed by atoms with van der Waals surface area (Å²) in [4.78, 5) is 4.24. The molecule has 0 saturated heterocycles. The zero-order chi connectivity index (χ0) is 17.4. The van der Waals surface area contributed by atoms with E-state index in [1.807, 2.05) is 37.3 Å². The molecule has 0 radical (unpaired) electrons. The largest absolute Gasteiger partial charge is 0.493 e. The van der Waals surface area contributed by atoms with Crippen LogP contribution in [0.4, 0.5) is 5.69 Å². The molecule has 7 heteroatoms. The van der Waals surface area contributed by atoms with E-state index in [0.717, 1.165) is 11.4 Å². The Morgan fingerprint density at radius 3 is 2.36 bits per heavy atom. The van der Waals surface area contributed by atoms with Gasteiger partial charge in [0.15, 0.2) is 17.5 Å². The van der Waals surface area contributed by atoms with Gasteiger partial charge in [0.1, 0.15) is 12.4 Å². The molecule has 0 fully saturated rings. The van der Waals surface area contributed by atoms with E-state index in [0.29, 0.717) is 30.6 Å². The summed E-state index contributed by atoms with van der Waals surface area (Å²) in [6, 6.07) is 13.3. The Labute approximate surface area is 165 Å². The van der Waals surface area contributed by atoms with Crippen molar-refractivity contribution in [1.82, 2.24) is 0 Å². The molecule has 6 nitrogen and oxygen atoms in total. The number of aryl methyl sites for hydroxylation is 1. The Morgan fingerprint density at radius 1 is 1.04 bits per heavy atom. The minimum Gasteiger partial charge on any atom is -0.493 e. The summed E-state index contributed by atoms with van der Waals surface area (Å²) in [5, 5.41) is 3.01. The number of hydrogen-bond donors (Lipinski definition) is 2. The van der Waals surface area contributed by atoms with Crippen LogP contribution in [0.1, 0.15) is 5.56 Å². The standard InChI is InChI=1S/C18H23N3O3.HI/c1-13-4-7-15(8-5-13)24-11-10-20-18(19)21-14-6-9-16(22-2)17(12-14)23-3;/h4-9,12H,10-11H2,1-3H3,(H3,19,20,21);1H. The van der Waals surface area contributed by atoms with Gasteiger partial charge >= 0.3 is 0 Å². The molecule has 0 aliphatic heterocycles. The second-order valence-electron chi connectivity index (χ2n) is 5.12. The van der Waals surface area contributed by atoms with Gasteiger partial charge in [0.25, 0.3) is 0 Å². The van der Waals surface area contributed by atoms with E-state index >= 15 is 0 Å². The molecule has 0 aromatic heterocycles. The molecule has 3 N–H and O–H groups in total. The lowest BCUT2D eigenvalue weighted by Gasteiger charge is -2.11. The first-order valence-electron chi connectivity index (χ1n) is 7.61. The Balaban J connectivity index is 0.00000312. The van der Waals surface area contributed by atoms with Crippen molar-refractivity contribution in [1.29, 1.82) is 0 Å². The summed E-state index contributed by atoms with van der Waals surface area (Å²) in [6.45, 7) is 2.95. The number of ether oxygens (including phenoxy) is 3. The third-order valence-corrected chi connectivity index (χ3v) is 3.32. The molecule has 0 unspecified atom stereocenters. The molecule has 0 atom stereocenters. The van der Waals surface area contributed by atoms with Crippen LogP contribution in [0, 0.1) is 6.92 Å². The molecular formula is C18H24IN3O3. The Morgan fingerprint density at radius 2 is 1.72 bits per heavy atom. The van der Waals surface area contributed by atoms with Crippen LogP contribution in [0.2, 0.25) is 0 Å². The Kier molecular flexibility index (Phi) is 8.90. The molecule has 0 aliphatic rings. The van der Waals surface area contributed by atoms with Gasteiger partial charge in [-0.3, -0.25) is 0 Å². The van der Waals surface area contributed by atoms with Gasteiger partial charge in [-0.15, -0.1) is 24.0 Å². The van der Waals surface area contributed by atoms with Gasteiger partial charge in [0.05, 0.1) is 20.8 Å². The molecule has 0 heterocycles. The molecule has 2 aromatic carbocycles. The van der Waals surface area contributed by atoms with Crippen LogP contribution >= 0.6 is 24.0 Å². The highest BCUT2D eigenvalue weighted by Gasteiger charge is 2.05. The van der Waals surface area contributed by atoms with Crippen molar-refractivity contribution in [3.05, 3.63) is 48.0 Å². The quantitative estimate of drug-likeness (QED) is 0.288. The number of rotatable bonds is 7. The fraction of sp³-hybridized carbons (Fsp3) is 0.278. The summed E-state index contributed by atoms with van der Waals surface area (Å²) in [6.07, 6.45) is 0. The molecule has 0 saturated carbocycles. The van der Waals surface area contributed by atoms with Crippen molar-refractivity contribution in [3.8, 4) is 17.2 Å². The monoisotopic (exact) mass is 457 g/mol. The van der Waals surface area contributed by atoms with E-state index in [1.165, 1.54) is 5.56 Å². The number of nitrogens with zero attached hydrogens (tertiary/aromatic N) is 1. The van der Waals surface area contributed by atoms with Crippen molar-refractivity contribution in [3.63, 3.8) is 0 Å². The van der Waals surface area contributed by atoms with E-state index in [1.54, 1.807) is 26.4 Å². The fourth-order valence-corrected chi connectivity index (χ4v) is 2.07. The second kappa shape index (κ2) is 10.7. The lowest BCUT2D eigenvalue weighted by molar-refractivity contribution is 0.328. The second-order valence-corrected chi connectivity index (χ2v) is 5.12. The SMILES string of the molecule is COc1ccc(NC(N)=NCCOc2ccc(C)cc2)cc1OC.I. The maximum atomic E-state index is 5.88. The number of methoxy groups -OCH3 is 2. The van der Waals surface area contributed by atoms with Gasteiger partial charge < -0.3 is 25.3 Å². The number of anilines is 1. The Hall–Kier alpha value is -2.16. The Bertz CT molecular complexity index is 690. The fourth-order valence-electron chi connectivity index (χ4n) is 2.07.